The van der Waals surface area contributed by atoms with Gasteiger partial charge < -0.3 is 23.9 Å². The lowest BCUT2D eigenvalue weighted by Gasteiger charge is -2.26. The van der Waals surface area contributed by atoms with Gasteiger partial charge in [-0.05, 0) is 44.8 Å². The fourth-order valence-corrected chi connectivity index (χ4v) is 4.28. The van der Waals surface area contributed by atoms with Crippen LogP contribution in [0.15, 0.2) is 45.6 Å². The summed E-state index contributed by atoms with van der Waals surface area (Å²) in [5, 5.41) is 10.9. The molecule has 196 valence electrons. The molecule has 0 radical (unpaired) electrons. The number of carbonyl (C=O) groups is 2. The van der Waals surface area contributed by atoms with Crippen LogP contribution in [-0.4, -0.2) is 87.1 Å². The van der Waals surface area contributed by atoms with Gasteiger partial charge in [0.25, 0.3) is 0 Å². The molecule has 3 aromatic rings. The van der Waals surface area contributed by atoms with Crippen molar-refractivity contribution in [3.8, 4) is 22.6 Å². The van der Waals surface area contributed by atoms with Crippen LogP contribution in [0, 0.1) is 0 Å². The molecule has 37 heavy (non-hydrogen) atoms. The lowest BCUT2D eigenvalue weighted by molar-refractivity contribution is 0.0371. The second-order valence-electron chi connectivity index (χ2n) is 9.33. The number of aldehydes is 1. The van der Waals surface area contributed by atoms with E-state index in [4.69, 9.17) is 13.9 Å². The summed E-state index contributed by atoms with van der Waals surface area (Å²) in [7, 11) is 3.79. The highest BCUT2D eigenvalue weighted by Gasteiger charge is 2.19. The molecule has 1 N–H and O–H groups in total. The van der Waals surface area contributed by atoms with Crippen molar-refractivity contribution in [2.24, 2.45) is 0 Å². The first-order valence-corrected chi connectivity index (χ1v) is 12.4. The summed E-state index contributed by atoms with van der Waals surface area (Å²) in [5.74, 6) is -0.182. The summed E-state index contributed by atoms with van der Waals surface area (Å²) in [4.78, 5) is 41.3. The van der Waals surface area contributed by atoms with Crippen molar-refractivity contribution < 1.29 is 28.6 Å². The monoisotopic (exact) mass is 508 g/mol. The van der Waals surface area contributed by atoms with E-state index in [-0.39, 0.29) is 34.0 Å². The molecule has 0 amide bonds. The van der Waals surface area contributed by atoms with Crippen LogP contribution in [0.2, 0.25) is 0 Å². The molecular weight excluding hydrogens is 476 g/mol. The van der Waals surface area contributed by atoms with E-state index in [1.54, 1.807) is 36.4 Å². The summed E-state index contributed by atoms with van der Waals surface area (Å²) in [5.41, 5.74) is 0.644. The van der Waals surface area contributed by atoms with Crippen LogP contribution in [0.25, 0.3) is 22.1 Å². The zero-order valence-corrected chi connectivity index (χ0v) is 21.2. The minimum absolute atomic E-state index is 0.00623. The maximum absolute atomic E-state index is 12.8. The van der Waals surface area contributed by atoms with E-state index in [1.807, 2.05) is 19.0 Å². The summed E-state index contributed by atoms with van der Waals surface area (Å²) in [6.07, 6.45) is 1.67. The highest BCUT2D eigenvalue weighted by Crippen LogP contribution is 2.36. The summed E-state index contributed by atoms with van der Waals surface area (Å²) < 4.78 is 16.5. The number of hydrogen-bond acceptors (Lipinski definition) is 9. The molecule has 2 aromatic carbocycles. The van der Waals surface area contributed by atoms with Gasteiger partial charge in [0.2, 0.25) is 0 Å². The fraction of sp³-hybridized carbons (Fsp3) is 0.393. The topological polar surface area (TPSA) is 110 Å². The Hall–Kier alpha value is -3.53. The quantitative estimate of drug-likeness (QED) is 0.237. The van der Waals surface area contributed by atoms with E-state index >= 15 is 0 Å². The molecule has 1 fully saturated rings. The second-order valence-corrected chi connectivity index (χ2v) is 9.33. The van der Waals surface area contributed by atoms with E-state index in [2.05, 4.69) is 4.90 Å². The number of phenols is 1. The second kappa shape index (κ2) is 12.1. The molecule has 4 rings (SSSR count). The van der Waals surface area contributed by atoms with Gasteiger partial charge in [0.05, 0.1) is 18.8 Å². The lowest BCUT2D eigenvalue weighted by atomic mass is 10.0. The Kier molecular flexibility index (Phi) is 8.70. The minimum Gasteiger partial charge on any atom is -0.504 e. The summed E-state index contributed by atoms with van der Waals surface area (Å²) in [6, 6.07) is 9.99. The van der Waals surface area contributed by atoms with Crippen molar-refractivity contribution >= 4 is 23.0 Å². The Labute approximate surface area is 215 Å². The Morgan fingerprint density at radius 2 is 1.89 bits per heavy atom. The predicted molar refractivity (Wildman–Crippen MR) is 140 cm³/mol. The van der Waals surface area contributed by atoms with Crippen LogP contribution in [0.5, 0.6) is 11.5 Å². The standard InChI is InChI=1S/C28H32N2O7/c1-29(2)10-15-36-25-17-21-16-22(28(34)37-27(21)23(18-31)26(25)33)19-5-7-20(8-6-19)24(32)4-3-9-30-11-13-35-14-12-30/h5-8,16-18,33H,3-4,9-15H2,1-2H3. The SMILES string of the molecule is CN(C)CCOc1cc2cc(-c3ccc(C(=O)CCCN4CCOCC4)cc3)c(=O)oc2c(C=O)c1O. The van der Waals surface area contributed by atoms with E-state index in [1.165, 1.54) is 0 Å². The molecule has 1 saturated heterocycles. The Bertz CT molecular complexity index is 1310. The zero-order valence-electron chi connectivity index (χ0n) is 21.2. The third-order valence-electron chi connectivity index (χ3n) is 6.41. The number of benzene rings is 2. The predicted octanol–water partition coefficient (Wildman–Crippen LogP) is 3.21. The molecule has 9 nitrogen and oxygen atoms in total. The average molecular weight is 509 g/mol. The molecule has 0 spiro atoms. The van der Waals surface area contributed by atoms with Gasteiger partial charge in [-0.3, -0.25) is 14.5 Å². The molecule has 2 heterocycles. The van der Waals surface area contributed by atoms with Crippen LogP contribution in [0.1, 0.15) is 33.6 Å². The van der Waals surface area contributed by atoms with Crippen LogP contribution in [0.3, 0.4) is 0 Å². The van der Waals surface area contributed by atoms with Crippen LogP contribution >= 0.6 is 0 Å². The first kappa shape index (κ1) is 26.5. The summed E-state index contributed by atoms with van der Waals surface area (Å²) in [6.45, 7) is 5.05. The molecule has 0 unspecified atom stereocenters. The normalized spacial score (nSPS) is 14.2. The number of nitrogens with zero attached hydrogens (tertiary/aromatic N) is 2. The molecular formula is C28H32N2O7. The van der Waals surface area contributed by atoms with Crippen LogP contribution < -0.4 is 10.4 Å². The first-order valence-electron chi connectivity index (χ1n) is 12.4. The third kappa shape index (κ3) is 6.43. The van der Waals surface area contributed by atoms with Crippen LogP contribution in [-0.2, 0) is 4.74 Å². The van der Waals surface area contributed by atoms with Gasteiger partial charge in [-0.25, -0.2) is 4.79 Å². The molecule has 0 atom stereocenters. The number of morpholine rings is 1. The van der Waals surface area contributed by atoms with Crippen molar-refractivity contribution in [1.29, 1.82) is 0 Å². The van der Waals surface area contributed by atoms with Crippen molar-refractivity contribution in [2.45, 2.75) is 12.8 Å². The number of ketones is 1. The first-order chi connectivity index (χ1) is 17.9. The van der Waals surface area contributed by atoms with E-state index in [0.29, 0.717) is 42.4 Å². The molecule has 0 bridgehead atoms. The number of Topliss-reactive ketones (excluding diaryl/α,β-unsaturated/α-hetero) is 1. The molecule has 0 saturated carbocycles. The van der Waals surface area contributed by atoms with Gasteiger partial charge in [0.1, 0.15) is 12.2 Å². The maximum Gasteiger partial charge on any atom is 0.344 e. The van der Waals surface area contributed by atoms with Gasteiger partial charge in [-0.2, -0.15) is 0 Å². The zero-order chi connectivity index (χ0) is 26.4. The molecule has 9 heteroatoms. The van der Waals surface area contributed by atoms with E-state index < -0.39 is 5.63 Å². The Morgan fingerprint density at radius 3 is 2.57 bits per heavy atom. The van der Waals surface area contributed by atoms with Crippen molar-refractivity contribution in [3.05, 3.63) is 57.9 Å². The number of hydrogen-bond donors (Lipinski definition) is 1. The van der Waals surface area contributed by atoms with E-state index in [9.17, 15) is 19.5 Å². The molecule has 1 aromatic heterocycles. The van der Waals surface area contributed by atoms with Gasteiger partial charge in [-0.15, -0.1) is 0 Å². The number of likely N-dealkylation sites (N-methyl/N-ethyl adjacent to an activating group) is 1. The number of phenolic OH excluding ortho intramolecular Hbond substituents is 1. The number of carbonyl (C=O) groups excluding carboxylic acids is 2. The molecule has 0 aliphatic carbocycles. The smallest absolute Gasteiger partial charge is 0.344 e. The maximum atomic E-state index is 12.8. The van der Waals surface area contributed by atoms with Crippen LogP contribution in [0.4, 0.5) is 0 Å². The van der Waals surface area contributed by atoms with Gasteiger partial charge in [0.15, 0.2) is 29.2 Å². The van der Waals surface area contributed by atoms with Crippen molar-refractivity contribution in [1.82, 2.24) is 9.80 Å². The van der Waals surface area contributed by atoms with Crippen molar-refractivity contribution in [2.75, 3.05) is 60.1 Å². The number of fused-ring (bicyclic) bond motifs is 1. The average Bonchev–Trinajstić information content (AvgIpc) is 2.89. The molecule has 1 aliphatic rings. The number of ether oxygens (including phenoxy) is 2. The Balaban J connectivity index is 1.52. The van der Waals surface area contributed by atoms with Gasteiger partial charge in [-0.1, -0.05) is 24.3 Å². The Morgan fingerprint density at radius 1 is 1.16 bits per heavy atom. The summed E-state index contributed by atoms with van der Waals surface area (Å²) >= 11 is 0. The lowest BCUT2D eigenvalue weighted by Crippen LogP contribution is -2.36. The number of aromatic hydroxyl groups is 1. The highest BCUT2D eigenvalue weighted by atomic mass is 16.5. The third-order valence-corrected chi connectivity index (χ3v) is 6.41. The largest absolute Gasteiger partial charge is 0.504 e. The minimum atomic E-state index is -0.652. The van der Waals surface area contributed by atoms with Gasteiger partial charge >= 0.3 is 5.63 Å². The van der Waals surface area contributed by atoms with Crippen molar-refractivity contribution in [3.63, 3.8) is 0 Å². The van der Waals surface area contributed by atoms with E-state index in [0.717, 1.165) is 39.3 Å². The number of rotatable bonds is 11. The molecule has 1 aliphatic heterocycles. The van der Waals surface area contributed by atoms with Gasteiger partial charge in [0, 0.05) is 37.0 Å². The fourth-order valence-electron chi connectivity index (χ4n) is 4.28. The highest BCUT2D eigenvalue weighted by molar-refractivity contribution is 6.00.